The fourth-order valence-corrected chi connectivity index (χ4v) is 5.53. The van der Waals surface area contributed by atoms with Crippen LogP contribution in [0.5, 0.6) is 23.0 Å². The van der Waals surface area contributed by atoms with E-state index in [-0.39, 0.29) is 42.7 Å². The van der Waals surface area contributed by atoms with Gasteiger partial charge in [0, 0.05) is 18.7 Å². The van der Waals surface area contributed by atoms with Crippen LogP contribution in [0.1, 0.15) is 65.8 Å². The van der Waals surface area contributed by atoms with Crippen LogP contribution >= 0.6 is 0 Å². The van der Waals surface area contributed by atoms with Crippen molar-refractivity contribution in [3.63, 3.8) is 0 Å². The number of aliphatic hydroxyl groups excluding tert-OH is 1. The lowest BCUT2D eigenvalue weighted by Crippen LogP contribution is -2.59. The smallest absolute Gasteiger partial charge is 0.276 e. The Hall–Kier alpha value is -5.64. The molecule has 2 heterocycles. The Morgan fingerprint density at radius 1 is 0.942 bits per heavy atom. The summed E-state index contributed by atoms with van der Waals surface area (Å²) in [6.07, 6.45) is 0.593. The Balaban J connectivity index is 1.68. The first-order valence-corrected chi connectivity index (χ1v) is 16.9. The average Bonchev–Trinajstić information content (AvgIpc) is 3.55. The zero-order chi connectivity index (χ0) is 37.9. The molecular formula is C36H46N6O10. The normalized spacial score (nSPS) is 18.9. The van der Waals surface area contributed by atoms with Crippen molar-refractivity contribution in [2.45, 2.75) is 65.3 Å². The van der Waals surface area contributed by atoms with Crippen LogP contribution in [-0.4, -0.2) is 96.6 Å². The summed E-state index contributed by atoms with van der Waals surface area (Å²) in [6, 6.07) is 7.28. The van der Waals surface area contributed by atoms with Gasteiger partial charge in [-0.15, -0.1) is 0 Å². The highest BCUT2D eigenvalue weighted by Crippen LogP contribution is 2.37. The van der Waals surface area contributed by atoms with E-state index < -0.39 is 54.3 Å². The molecule has 0 saturated carbocycles. The third-order valence-corrected chi connectivity index (χ3v) is 8.43. The lowest BCUT2D eigenvalue weighted by molar-refractivity contribution is -0.135. The van der Waals surface area contributed by atoms with Gasteiger partial charge in [0.05, 0.1) is 39.0 Å². The molecule has 0 unspecified atom stereocenters. The highest BCUT2D eigenvalue weighted by molar-refractivity contribution is 5.97. The number of amides is 5. The maximum Gasteiger partial charge on any atom is 0.276 e. The molecule has 0 spiro atoms. The molecule has 280 valence electrons. The van der Waals surface area contributed by atoms with E-state index in [2.05, 4.69) is 26.3 Å². The number of nitrogens with zero attached hydrogens (tertiary/aromatic N) is 2. The summed E-state index contributed by atoms with van der Waals surface area (Å²) >= 11 is 0. The summed E-state index contributed by atoms with van der Waals surface area (Å²) in [5, 5.41) is 21.4. The molecule has 0 saturated heterocycles. The Labute approximate surface area is 301 Å². The second-order valence-corrected chi connectivity index (χ2v) is 12.6. The van der Waals surface area contributed by atoms with Crippen LogP contribution < -0.4 is 35.5 Å². The third-order valence-electron chi connectivity index (χ3n) is 8.43. The number of benzene rings is 2. The summed E-state index contributed by atoms with van der Waals surface area (Å²) in [5.74, 6) is -1.87. The first-order chi connectivity index (χ1) is 24.8. The van der Waals surface area contributed by atoms with Crippen molar-refractivity contribution in [2.24, 2.45) is 5.92 Å². The number of hydrogen-bond donors (Lipinski definition) is 5. The van der Waals surface area contributed by atoms with Crippen LogP contribution in [0.4, 0.5) is 0 Å². The van der Waals surface area contributed by atoms with Crippen LogP contribution in [0.2, 0.25) is 0 Å². The number of carbonyl (C=O) groups excluding carboxylic acids is 5. The molecule has 4 rings (SSSR count). The van der Waals surface area contributed by atoms with Gasteiger partial charge >= 0.3 is 0 Å². The standard InChI is InChI=1S/C36H46N6O10/c1-20(2)30-34(46)38-17-24-25(49-5)10-9-11-26(24)52-28-16-23(12-13-27(28)50-6)33(45)37-14-7-8-15-42(36(48)32-22(4)51-19-39-32)18-29(44)40-31(21(3)43)35(47)41-30/h9-13,16,19-21,30-31,43H,7-8,14-15,17-18H2,1-6H3,(H,37,45)(H,38,46)(H,40,44)(H,41,47)/t21-,30-,31+/m1/s1. The van der Waals surface area contributed by atoms with E-state index in [0.717, 1.165) is 6.39 Å². The third kappa shape index (κ3) is 9.78. The Morgan fingerprint density at radius 3 is 2.35 bits per heavy atom. The van der Waals surface area contributed by atoms with E-state index in [1.54, 1.807) is 51.1 Å². The predicted octanol–water partition coefficient (Wildman–Crippen LogP) is 2.08. The lowest BCUT2D eigenvalue weighted by Gasteiger charge is -2.28. The van der Waals surface area contributed by atoms with Crippen LogP contribution in [0, 0.1) is 12.8 Å². The zero-order valence-electron chi connectivity index (χ0n) is 30.1. The van der Waals surface area contributed by atoms with Gasteiger partial charge in [-0.05, 0) is 62.9 Å². The summed E-state index contributed by atoms with van der Waals surface area (Å²) < 4.78 is 22.5. The highest BCUT2D eigenvalue weighted by Gasteiger charge is 2.33. The molecule has 1 aromatic heterocycles. The van der Waals surface area contributed by atoms with E-state index in [4.69, 9.17) is 18.6 Å². The van der Waals surface area contributed by atoms with Gasteiger partial charge < -0.3 is 49.9 Å². The maximum absolute atomic E-state index is 13.6. The number of methoxy groups -OCH3 is 2. The van der Waals surface area contributed by atoms with Gasteiger partial charge in [0.15, 0.2) is 23.6 Å². The number of rotatable bonds is 5. The molecule has 2 aromatic carbocycles. The molecule has 16 heteroatoms. The first kappa shape index (κ1) is 39.2. The van der Waals surface area contributed by atoms with Gasteiger partial charge in [0.2, 0.25) is 17.7 Å². The Kier molecular flexibility index (Phi) is 13.6. The van der Waals surface area contributed by atoms with Gasteiger partial charge in [-0.25, -0.2) is 4.98 Å². The van der Waals surface area contributed by atoms with E-state index in [9.17, 15) is 29.1 Å². The lowest BCUT2D eigenvalue weighted by atomic mass is 10.0. The van der Waals surface area contributed by atoms with Crippen LogP contribution in [-0.2, 0) is 20.9 Å². The van der Waals surface area contributed by atoms with Gasteiger partial charge in [-0.1, -0.05) is 19.9 Å². The Morgan fingerprint density at radius 2 is 1.69 bits per heavy atom. The van der Waals surface area contributed by atoms with Gasteiger partial charge in [0.25, 0.3) is 11.8 Å². The highest BCUT2D eigenvalue weighted by atomic mass is 16.5. The van der Waals surface area contributed by atoms with Crippen molar-refractivity contribution in [1.82, 2.24) is 31.2 Å². The number of aromatic nitrogens is 1. The minimum atomic E-state index is -1.46. The van der Waals surface area contributed by atoms with Crippen LogP contribution in [0.3, 0.4) is 0 Å². The molecule has 2 bridgehead atoms. The predicted molar refractivity (Wildman–Crippen MR) is 187 cm³/mol. The summed E-state index contributed by atoms with van der Waals surface area (Å²) in [5.41, 5.74) is 0.785. The largest absolute Gasteiger partial charge is 0.496 e. The zero-order valence-corrected chi connectivity index (χ0v) is 30.1. The van der Waals surface area contributed by atoms with Crippen molar-refractivity contribution in [1.29, 1.82) is 0 Å². The van der Waals surface area contributed by atoms with Gasteiger partial charge in [-0.2, -0.15) is 0 Å². The minimum absolute atomic E-state index is 0.0198. The van der Waals surface area contributed by atoms with Crippen LogP contribution in [0.25, 0.3) is 0 Å². The van der Waals surface area contributed by atoms with E-state index >= 15 is 0 Å². The minimum Gasteiger partial charge on any atom is -0.496 e. The number of aryl methyl sites for hydroxylation is 1. The molecule has 0 fully saturated rings. The molecule has 1 aliphatic heterocycles. The van der Waals surface area contributed by atoms with Crippen molar-refractivity contribution >= 4 is 29.5 Å². The molecule has 3 atom stereocenters. The molecule has 3 aromatic rings. The SMILES string of the molecule is COc1ccc2cc1Oc1cccc(OC)c1CNC(=O)[C@@H](C(C)C)NC(=O)[C@H]([C@@H](C)O)NC(=O)CN(C(=O)c1ncoc1C)CCCCNC2=O. The van der Waals surface area contributed by atoms with Crippen molar-refractivity contribution in [2.75, 3.05) is 33.9 Å². The second-order valence-electron chi connectivity index (χ2n) is 12.6. The van der Waals surface area contributed by atoms with E-state index in [1.807, 2.05) is 0 Å². The quantitative estimate of drug-likeness (QED) is 0.257. The van der Waals surface area contributed by atoms with Crippen molar-refractivity contribution in [3.05, 3.63) is 65.4 Å². The van der Waals surface area contributed by atoms with Crippen molar-refractivity contribution in [3.8, 4) is 23.0 Å². The molecule has 5 amide bonds. The van der Waals surface area contributed by atoms with E-state index in [0.29, 0.717) is 41.2 Å². The number of fused-ring (bicyclic) bond motifs is 3. The van der Waals surface area contributed by atoms with Gasteiger partial charge in [0.1, 0.15) is 29.3 Å². The van der Waals surface area contributed by atoms with Crippen LogP contribution in [0.15, 0.2) is 47.2 Å². The van der Waals surface area contributed by atoms with E-state index in [1.165, 1.54) is 32.1 Å². The number of aliphatic hydroxyl groups is 1. The number of nitrogens with one attached hydrogen (secondary N) is 4. The fourth-order valence-electron chi connectivity index (χ4n) is 5.53. The fraction of sp³-hybridized carbons (Fsp3) is 0.444. The number of ether oxygens (including phenoxy) is 3. The molecule has 0 aliphatic carbocycles. The molecule has 16 nitrogen and oxygen atoms in total. The molecule has 5 N–H and O–H groups in total. The molecule has 52 heavy (non-hydrogen) atoms. The topological polar surface area (TPSA) is 211 Å². The summed E-state index contributed by atoms with van der Waals surface area (Å²) in [7, 11) is 2.94. The summed E-state index contributed by atoms with van der Waals surface area (Å²) in [6.45, 7) is 6.15. The number of hydrogen-bond acceptors (Lipinski definition) is 11. The summed E-state index contributed by atoms with van der Waals surface area (Å²) in [4.78, 5) is 72.2. The number of carbonyl (C=O) groups is 5. The molecule has 0 radical (unpaired) electrons. The average molecular weight is 723 g/mol. The van der Waals surface area contributed by atoms with Gasteiger partial charge in [-0.3, -0.25) is 24.0 Å². The number of oxazole rings is 1. The Bertz CT molecular complexity index is 1760. The van der Waals surface area contributed by atoms with Crippen molar-refractivity contribution < 1.29 is 47.7 Å². The maximum atomic E-state index is 13.6. The first-order valence-electron chi connectivity index (χ1n) is 16.9. The molecular weight excluding hydrogens is 676 g/mol. The molecule has 1 aliphatic rings. The second kappa shape index (κ2) is 18.0. The monoisotopic (exact) mass is 722 g/mol.